The number of aliphatic carboxylic acids is 1. The molecule has 116 valence electrons. The van der Waals surface area contributed by atoms with Crippen molar-refractivity contribution in [3.63, 3.8) is 0 Å². The minimum Gasteiger partial charge on any atom is -0.480 e. The van der Waals surface area contributed by atoms with Gasteiger partial charge in [-0.05, 0) is 78.9 Å². The second-order valence-electron chi connectivity index (χ2n) is 6.46. The second kappa shape index (κ2) is 7.38. The van der Waals surface area contributed by atoms with E-state index in [9.17, 15) is 9.90 Å². The second-order valence-corrected chi connectivity index (χ2v) is 6.46. The molecule has 0 aromatic carbocycles. The van der Waals surface area contributed by atoms with Crippen LogP contribution in [0.5, 0.6) is 0 Å². The Morgan fingerprint density at radius 3 is 2.50 bits per heavy atom. The molecule has 0 spiro atoms. The van der Waals surface area contributed by atoms with Gasteiger partial charge in [-0.3, -0.25) is 9.69 Å². The fraction of sp³-hybridized carbons (Fsp3) is 0.933. The van der Waals surface area contributed by atoms with Gasteiger partial charge in [0.05, 0.1) is 0 Å². The highest BCUT2D eigenvalue weighted by molar-refractivity contribution is 5.73. The molecule has 5 heteroatoms. The van der Waals surface area contributed by atoms with Gasteiger partial charge in [0, 0.05) is 6.04 Å². The molecule has 0 saturated carbocycles. The van der Waals surface area contributed by atoms with Gasteiger partial charge in [-0.15, -0.1) is 0 Å². The van der Waals surface area contributed by atoms with Crippen LogP contribution in [-0.2, 0) is 4.79 Å². The summed E-state index contributed by atoms with van der Waals surface area (Å²) < 4.78 is 0. The molecule has 2 saturated heterocycles. The summed E-state index contributed by atoms with van der Waals surface area (Å²) in [5, 5.41) is 9.28. The lowest BCUT2D eigenvalue weighted by atomic mass is 10.0. The molecule has 0 aromatic rings. The summed E-state index contributed by atoms with van der Waals surface area (Å²) in [4.78, 5) is 18.3. The molecule has 0 radical (unpaired) electrons. The van der Waals surface area contributed by atoms with Gasteiger partial charge in [0.15, 0.2) is 0 Å². The van der Waals surface area contributed by atoms with Crippen molar-refractivity contribution in [2.24, 2.45) is 0 Å². The number of carbonyl (C=O) groups is 1. The molecule has 0 bridgehead atoms. The van der Waals surface area contributed by atoms with E-state index in [-0.39, 0.29) is 6.04 Å². The van der Waals surface area contributed by atoms with Crippen molar-refractivity contribution in [3.8, 4) is 0 Å². The number of likely N-dealkylation sites (tertiary alicyclic amines) is 2. The van der Waals surface area contributed by atoms with Crippen molar-refractivity contribution < 1.29 is 9.90 Å². The van der Waals surface area contributed by atoms with Crippen LogP contribution < -0.4 is 0 Å². The van der Waals surface area contributed by atoms with Crippen molar-refractivity contribution in [1.82, 2.24) is 14.7 Å². The summed E-state index contributed by atoms with van der Waals surface area (Å²) >= 11 is 0. The molecule has 2 aliphatic heterocycles. The summed E-state index contributed by atoms with van der Waals surface area (Å²) in [5.74, 6) is -0.629. The SMILES string of the molecule is CN(C)CCCN1CCC(N2CCCC2C(=O)O)CC1. The molecule has 0 aromatic heterocycles. The zero-order valence-electron chi connectivity index (χ0n) is 12.9. The van der Waals surface area contributed by atoms with E-state index in [1.165, 1.54) is 13.0 Å². The van der Waals surface area contributed by atoms with Crippen molar-refractivity contribution in [3.05, 3.63) is 0 Å². The third-order valence-electron chi connectivity index (χ3n) is 4.69. The topological polar surface area (TPSA) is 47.0 Å². The Labute approximate surface area is 122 Å². The van der Waals surface area contributed by atoms with E-state index < -0.39 is 5.97 Å². The molecule has 1 atom stereocenters. The Morgan fingerprint density at radius 2 is 1.90 bits per heavy atom. The maximum absolute atomic E-state index is 11.3. The molecule has 2 rings (SSSR count). The molecule has 5 nitrogen and oxygen atoms in total. The van der Waals surface area contributed by atoms with Crippen molar-refractivity contribution in [2.45, 2.75) is 44.2 Å². The number of hydrogen-bond donors (Lipinski definition) is 1. The van der Waals surface area contributed by atoms with Crippen LogP contribution >= 0.6 is 0 Å². The molecule has 2 heterocycles. The molecule has 0 amide bonds. The van der Waals surface area contributed by atoms with Gasteiger partial charge in [0.2, 0.25) is 0 Å². The summed E-state index contributed by atoms with van der Waals surface area (Å²) in [5.41, 5.74) is 0. The summed E-state index contributed by atoms with van der Waals surface area (Å²) in [7, 11) is 4.23. The molecule has 2 fully saturated rings. The van der Waals surface area contributed by atoms with Gasteiger partial charge in [-0.2, -0.15) is 0 Å². The van der Waals surface area contributed by atoms with E-state index in [2.05, 4.69) is 28.8 Å². The highest BCUT2D eigenvalue weighted by Gasteiger charge is 2.36. The van der Waals surface area contributed by atoms with E-state index in [1.54, 1.807) is 0 Å². The van der Waals surface area contributed by atoms with Crippen LogP contribution in [0.3, 0.4) is 0 Å². The lowest BCUT2D eigenvalue weighted by molar-refractivity contribution is -0.143. The van der Waals surface area contributed by atoms with Crippen LogP contribution in [0, 0.1) is 0 Å². The van der Waals surface area contributed by atoms with Gasteiger partial charge in [0.25, 0.3) is 0 Å². The first-order chi connectivity index (χ1) is 9.58. The predicted molar refractivity (Wildman–Crippen MR) is 80.0 cm³/mol. The number of rotatable bonds is 6. The lowest BCUT2D eigenvalue weighted by Gasteiger charge is -2.38. The first-order valence-electron chi connectivity index (χ1n) is 7.93. The number of carboxylic acid groups (broad SMARTS) is 1. The van der Waals surface area contributed by atoms with Gasteiger partial charge >= 0.3 is 5.97 Å². The fourth-order valence-corrected chi connectivity index (χ4v) is 3.58. The first-order valence-corrected chi connectivity index (χ1v) is 7.93. The quantitative estimate of drug-likeness (QED) is 0.786. The average molecular weight is 283 g/mol. The van der Waals surface area contributed by atoms with Crippen LogP contribution in [0.25, 0.3) is 0 Å². The predicted octanol–water partition coefficient (Wildman–Crippen LogP) is 0.952. The van der Waals surface area contributed by atoms with Crippen molar-refractivity contribution in [2.75, 3.05) is 46.8 Å². The zero-order valence-corrected chi connectivity index (χ0v) is 12.9. The Bertz CT molecular complexity index is 314. The van der Waals surface area contributed by atoms with Crippen molar-refractivity contribution >= 4 is 5.97 Å². The van der Waals surface area contributed by atoms with Crippen LogP contribution in [0.2, 0.25) is 0 Å². The van der Waals surface area contributed by atoms with Crippen LogP contribution in [0.15, 0.2) is 0 Å². The molecule has 2 aliphatic rings. The Balaban J connectivity index is 1.72. The number of hydrogen-bond acceptors (Lipinski definition) is 4. The van der Waals surface area contributed by atoms with E-state index in [1.807, 2.05) is 0 Å². The highest BCUT2D eigenvalue weighted by atomic mass is 16.4. The average Bonchev–Trinajstić information content (AvgIpc) is 2.88. The van der Waals surface area contributed by atoms with Gasteiger partial charge in [-0.25, -0.2) is 0 Å². The number of carboxylic acids is 1. The van der Waals surface area contributed by atoms with Crippen molar-refractivity contribution in [1.29, 1.82) is 0 Å². The molecule has 20 heavy (non-hydrogen) atoms. The molecule has 1 unspecified atom stereocenters. The van der Waals surface area contributed by atoms with E-state index >= 15 is 0 Å². The number of nitrogens with zero attached hydrogens (tertiary/aromatic N) is 3. The maximum atomic E-state index is 11.3. The van der Waals surface area contributed by atoms with Crippen LogP contribution in [0.1, 0.15) is 32.1 Å². The Hall–Kier alpha value is -0.650. The summed E-state index contributed by atoms with van der Waals surface area (Å²) in [6, 6.07) is 0.268. The summed E-state index contributed by atoms with van der Waals surface area (Å²) in [6.45, 7) is 5.55. The van der Waals surface area contributed by atoms with Gasteiger partial charge in [-0.1, -0.05) is 0 Å². The minimum absolute atomic E-state index is 0.222. The molecule has 1 N–H and O–H groups in total. The normalized spacial score (nSPS) is 26.4. The van der Waals surface area contributed by atoms with Gasteiger partial charge in [0.1, 0.15) is 6.04 Å². The van der Waals surface area contributed by atoms with E-state index in [4.69, 9.17) is 0 Å². The van der Waals surface area contributed by atoms with E-state index in [0.717, 1.165) is 51.9 Å². The Kier molecular flexibility index (Phi) is 5.81. The largest absolute Gasteiger partial charge is 0.480 e. The first kappa shape index (κ1) is 15.7. The van der Waals surface area contributed by atoms with Crippen LogP contribution in [0.4, 0.5) is 0 Å². The third kappa shape index (κ3) is 4.17. The zero-order chi connectivity index (χ0) is 14.5. The summed E-state index contributed by atoms with van der Waals surface area (Å²) in [6.07, 6.45) is 5.36. The minimum atomic E-state index is -0.629. The standard InChI is InChI=1S/C15H29N3O2/c1-16(2)8-4-9-17-11-6-13(7-12-17)18-10-3-5-14(18)15(19)20/h13-14H,3-12H2,1-2H3,(H,19,20). The van der Waals surface area contributed by atoms with Crippen LogP contribution in [-0.4, -0.2) is 84.7 Å². The number of piperidine rings is 1. The smallest absolute Gasteiger partial charge is 0.320 e. The molecular formula is C15H29N3O2. The van der Waals surface area contributed by atoms with Gasteiger partial charge < -0.3 is 14.9 Å². The highest BCUT2D eigenvalue weighted by Crippen LogP contribution is 2.26. The molecular weight excluding hydrogens is 254 g/mol. The monoisotopic (exact) mass is 283 g/mol. The van der Waals surface area contributed by atoms with E-state index in [0.29, 0.717) is 6.04 Å². The maximum Gasteiger partial charge on any atom is 0.320 e. The molecule has 0 aliphatic carbocycles. The third-order valence-corrected chi connectivity index (χ3v) is 4.69. The Morgan fingerprint density at radius 1 is 1.20 bits per heavy atom. The lowest BCUT2D eigenvalue weighted by Crippen LogP contribution is -2.49. The fourth-order valence-electron chi connectivity index (χ4n) is 3.58.